The molecule has 2 aliphatic heterocycles. The number of carbonyl (C=O) groups is 3. The minimum absolute atomic E-state index is 0. The second-order valence-electron chi connectivity index (χ2n) is 6.57. The van der Waals surface area contributed by atoms with Gasteiger partial charge in [-0.25, -0.2) is 0 Å². The molecular formula is C17H19N2NaO6S. The monoisotopic (exact) mass is 402 g/mol. The van der Waals surface area contributed by atoms with Gasteiger partial charge < -0.3 is 29.6 Å². The Morgan fingerprint density at radius 3 is 2.26 bits per heavy atom. The van der Waals surface area contributed by atoms with Crippen LogP contribution in [0.3, 0.4) is 0 Å². The predicted octanol–water partition coefficient (Wildman–Crippen LogP) is -3.38. The van der Waals surface area contributed by atoms with E-state index in [1.54, 1.807) is 32.0 Å². The summed E-state index contributed by atoms with van der Waals surface area (Å²) in [5.74, 6) is -1.62. The van der Waals surface area contributed by atoms with Gasteiger partial charge in [-0.05, 0) is 26.0 Å². The SMILES string of the molecule is COc1cccc(OC)c1C(=O)NC1C(=O)N2[C@@H]1SC(C)(C)[C@@H]2C(=O)[O-].[Na+]. The van der Waals surface area contributed by atoms with Gasteiger partial charge in [-0.1, -0.05) is 6.07 Å². The molecule has 0 radical (unpaired) electrons. The first-order valence-electron chi connectivity index (χ1n) is 7.95. The molecule has 0 saturated carbocycles. The van der Waals surface area contributed by atoms with Crippen LogP contribution in [0, 0.1) is 0 Å². The van der Waals surface area contributed by atoms with Crippen molar-refractivity contribution < 1.29 is 58.5 Å². The quantitative estimate of drug-likeness (QED) is 0.404. The number of β-lactam (4-membered cyclic amide) rings is 1. The third kappa shape index (κ3) is 3.53. The van der Waals surface area contributed by atoms with Gasteiger partial charge in [-0.15, -0.1) is 11.8 Å². The molecule has 27 heavy (non-hydrogen) atoms. The summed E-state index contributed by atoms with van der Waals surface area (Å²) in [6.45, 7) is 3.48. The third-order valence-corrected chi connectivity index (χ3v) is 6.18. The summed E-state index contributed by atoms with van der Waals surface area (Å²) in [7, 11) is 2.86. The second kappa shape index (κ2) is 7.90. The van der Waals surface area contributed by atoms with Crippen molar-refractivity contribution in [1.29, 1.82) is 0 Å². The van der Waals surface area contributed by atoms with Gasteiger partial charge in [0, 0.05) is 4.75 Å². The Bertz CT molecular complexity index is 764. The number of ether oxygens (including phenoxy) is 2. The van der Waals surface area contributed by atoms with Crippen molar-refractivity contribution in [3.8, 4) is 11.5 Å². The smallest absolute Gasteiger partial charge is 0.548 e. The van der Waals surface area contributed by atoms with E-state index < -0.39 is 40.0 Å². The molecule has 0 aliphatic carbocycles. The molecule has 0 aromatic heterocycles. The molecule has 2 fully saturated rings. The number of amides is 2. The fourth-order valence-electron chi connectivity index (χ4n) is 3.41. The van der Waals surface area contributed by atoms with E-state index in [0.29, 0.717) is 11.5 Å². The summed E-state index contributed by atoms with van der Waals surface area (Å²) in [6.07, 6.45) is 0. The van der Waals surface area contributed by atoms with Crippen LogP contribution in [0.5, 0.6) is 11.5 Å². The molecular weight excluding hydrogens is 383 g/mol. The van der Waals surface area contributed by atoms with Crippen molar-refractivity contribution >= 4 is 29.5 Å². The number of carbonyl (C=O) groups excluding carboxylic acids is 3. The van der Waals surface area contributed by atoms with E-state index >= 15 is 0 Å². The van der Waals surface area contributed by atoms with Gasteiger partial charge in [0.05, 0.1) is 26.2 Å². The number of aliphatic carboxylic acids is 1. The molecule has 1 aromatic rings. The number of rotatable bonds is 5. The normalized spacial score (nSPS) is 25.0. The van der Waals surface area contributed by atoms with E-state index in [0.717, 1.165) is 0 Å². The van der Waals surface area contributed by atoms with Crippen molar-refractivity contribution in [1.82, 2.24) is 10.2 Å². The van der Waals surface area contributed by atoms with Gasteiger partial charge in [0.1, 0.15) is 28.5 Å². The van der Waals surface area contributed by atoms with Crippen LogP contribution in [0.1, 0.15) is 24.2 Å². The fraction of sp³-hybridized carbons (Fsp3) is 0.471. The van der Waals surface area contributed by atoms with E-state index in [1.807, 2.05) is 0 Å². The number of hydrogen-bond donors (Lipinski definition) is 1. The number of nitrogens with one attached hydrogen (secondary N) is 1. The third-order valence-electron chi connectivity index (χ3n) is 4.61. The number of hydrogen-bond acceptors (Lipinski definition) is 7. The van der Waals surface area contributed by atoms with Crippen molar-refractivity contribution in [2.75, 3.05) is 14.2 Å². The van der Waals surface area contributed by atoms with Gasteiger partial charge in [-0.2, -0.15) is 0 Å². The number of carboxylic acids is 1. The number of methoxy groups -OCH3 is 2. The van der Waals surface area contributed by atoms with Gasteiger partial charge in [-0.3, -0.25) is 9.59 Å². The van der Waals surface area contributed by atoms with Crippen molar-refractivity contribution in [3.05, 3.63) is 23.8 Å². The average Bonchev–Trinajstić information content (AvgIpc) is 2.86. The van der Waals surface area contributed by atoms with Crippen molar-refractivity contribution in [2.24, 2.45) is 0 Å². The van der Waals surface area contributed by atoms with Gasteiger partial charge >= 0.3 is 29.6 Å². The largest absolute Gasteiger partial charge is 1.00 e. The molecule has 0 bridgehead atoms. The zero-order valence-electron chi connectivity index (χ0n) is 15.8. The minimum Gasteiger partial charge on any atom is -0.548 e. The molecule has 140 valence electrons. The number of benzene rings is 1. The Labute approximate surface area is 183 Å². The van der Waals surface area contributed by atoms with Gasteiger partial charge in [0.15, 0.2) is 0 Å². The van der Waals surface area contributed by atoms with Crippen molar-refractivity contribution in [2.45, 2.75) is 36.1 Å². The van der Waals surface area contributed by atoms with E-state index in [-0.39, 0.29) is 35.1 Å². The summed E-state index contributed by atoms with van der Waals surface area (Å²) in [5, 5.41) is 13.7. The van der Waals surface area contributed by atoms with Crippen LogP contribution in [0.2, 0.25) is 0 Å². The molecule has 2 heterocycles. The first-order valence-corrected chi connectivity index (χ1v) is 8.83. The summed E-state index contributed by atoms with van der Waals surface area (Å²) in [4.78, 5) is 37.9. The Hall–Kier alpha value is -1.42. The van der Waals surface area contributed by atoms with Crippen LogP contribution in [0.15, 0.2) is 18.2 Å². The van der Waals surface area contributed by atoms with Crippen LogP contribution in [-0.4, -0.2) is 59.1 Å². The Kier molecular flexibility index (Phi) is 6.40. The van der Waals surface area contributed by atoms with Crippen LogP contribution in [-0.2, 0) is 9.59 Å². The summed E-state index contributed by atoms with van der Waals surface area (Å²) in [6, 6.07) is 3.08. The minimum atomic E-state index is -1.30. The zero-order valence-corrected chi connectivity index (χ0v) is 18.6. The zero-order chi connectivity index (χ0) is 19.2. The molecule has 3 rings (SSSR count). The Morgan fingerprint density at radius 2 is 1.78 bits per heavy atom. The summed E-state index contributed by atoms with van der Waals surface area (Å²) >= 11 is 1.33. The summed E-state index contributed by atoms with van der Waals surface area (Å²) in [5.41, 5.74) is 0.183. The molecule has 2 amide bonds. The van der Waals surface area contributed by atoms with Gasteiger partial charge in [0.25, 0.3) is 5.91 Å². The first-order chi connectivity index (χ1) is 12.2. The summed E-state index contributed by atoms with van der Waals surface area (Å²) < 4.78 is 9.71. The topological polar surface area (TPSA) is 108 Å². The maximum Gasteiger partial charge on any atom is 1.00 e. The van der Waals surface area contributed by atoms with Crippen molar-refractivity contribution in [3.63, 3.8) is 0 Å². The number of thioether (sulfide) groups is 1. The van der Waals surface area contributed by atoms with Crippen LogP contribution in [0.25, 0.3) is 0 Å². The second-order valence-corrected chi connectivity index (χ2v) is 8.34. The van der Waals surface area contributed by atoms with Crippen LogP contribution >= 0.6 is 11.8 Å². The van der Waals surface area contributed by atoms with E-state index in [9.17, 15) is 19.5 Å². The molecule has 10 heteroatoms. The number of fused-ring (bicyclic) bond motifs is 1. The molecule has 0 spiro atoms. The molecule has 3 atom stereocenters. The standard InChI is InChI=1S/C17H20N2O6S.Na/c1-17(2)12(16(22)23)19-14(21)11(15(19)26-17)18-13(20)10-8(24-3)6-5-7-9(10)25-4;/h5-7,11-12,15H,1-4H3,(H,18,20)(H,22,23);/q;+1/p-1/t11?,12-,15+;/m0./s1. The van der Waals surface area contributed by atoms with E-state index in [1.165, 1.54) is 30.9 Å². The average molecular weight is 402 g/mol. The molecule has 8 nitrogen and oxygen atoms in total. The Morgan fingerprint density at radius 1 is 1.22 bits per heavy atom. The molecule has 1 N–H and O–H groups in total. The fourth-order valence-corrected chi connectivity index (χ4v) is 5.04. The van der Waals surface area contributed by atoms with E-state index in [2.05, 4.69) is 5.32 Å². The molecule has 1 unspecified atom stereocenters. The number of nitrogens with zero attached hydrogens (tertiary/aromatic N) is 1. The van der Waals surface area contributed by atoms with Crippen LogP contribution in [0.4, 0.5) is 0 Å². The van der Waals surface area contributed by atoms with Crippen LogP contribution < -0.4 is 49.5 Å². The first kappa shape index (κ1) is 21.9. The van der Waals surface area contributed by atoms with E-state index in [4.69, 9.17) is 9.47 Å². The maximum absolute atomic E-state index is 12.7. The molecule has 2 saturated heterocycles. The van der Waals surface area contributed by atoms with Gasteiger partial charge in [0.2, 0.25) is 5.91 Å². The Balaban J connectivity index is 0.00000261. The predicted molar refractivity (Wildman–Crippen MR) is 91.9 cm³/mol. The number of carboxylic acid groups (broad SMARTS) is 1. The molecule has 1 aromatic carbocycles. The maximum atomic E-state index is 12.7. The molecule has 2 aliphatic rings.